The standard InChI is InChI=1S/C11H16N4O5/c1-4-13(6-10(17)18)9(16)5-14-8(3)11(15(19)20)7(2)12-14/h4-6H2,1-3H3,(H,17,18). The Morgan fingerprint density at radius 3 is 2.45 bits per heavy atom. The Labute approximate surface area is 114 Å². The number of carboxylic acid groups (broad SMARTS) is 1. The summed E-state index contributed by atoms with van der Waals surface area (Å²) < 4.78 is 1.22. The summed E-state index contributed by atoms with van der Waals surface area (Å²) in [6.07, 6.45) is 0. The molecule has 0 spiro atoms. The maximum Gasteiger partial charge on any atom is 0.323 e. The fourth-order valence-electron chi connectivity index (χ4n) is 1.87. The number of rotatable bonds is 6. The van der Waals surface area contributed by atoms with E-state index in [4.69, 9.17) is 5.11 Å². The van der Waals surface area contributed by atoms with Crippen molar-refractivity contribution in [2.45, 2.75) is 27.3 Å². The molecule has 1 aromatic rings. The molecule has 1 N–H and O–H groups in total. The van der Waals surface area contributed by atoms with Crippen molar-refractivity contribution in [3.8, 4) is 0 Å². The van der Waals surface area contributed by atoms with Crippen LogP contribution < -0.4 is 0 Å². The van der Waals surface area contributed by atoms with Crippen LogP contribution in [0.1, 0.15) is 18.3 Å². The highest BCUT2D eigenvalue weighted by atomic mass is 16.6. The molecule has 0 saturated carbocycles. The van der Waals surface area contributed by atoms with Gasteiger partial charge >= 0.3 is 11.7 Å². The molecule has 1 heterocycles. The van der Waals surface area contributed by atoms with Gasteiger partial charge in [0.05, 0.1) is 4.92 Å². The summed E-state index contributed by atoms with van der Waals surface area (Å²) in [4.78, 5) is 34.0. The lowest BCUT2D eigenvalue weighted by Crippen LogP contribution is -2.38. The maximum atomic E-state index is 12.0. The van der Waals surface area contributed by atoms with Gasteiger partial charge in [0, 0.05) is 6.54 Å². The first kappa shape index (κ1) is 15.6. The van der Waals surface area contributed by atoms with E-state index < -0.39 is 23.3 Å². The summed E-state index contributed by atoms with van der Waals surface area (Å²) in [6, 6.07) is 0. The van der Waals surface area contributed by atoms with Gasteiger partial charge < -0.3 is 10.0 Å². The summed E-state index contributed by atoms with van der Waals surface area (Å²) in [7, 11) is 0. The van der Waals surface area contributed by atoms with Gasteiger partial charge in [-0.3, -0.25) is 24.4 Å². The van der Waals surface area contributed by atoms with Crippen LogP contribution in [-0.2, 0) is 16.1 Å². The lowest BCUT2D eigenvalue weighted by atomic mass is 10.3. The number of carbonyl (C=O) groups is 2. The van der Waals surface area contributed by atoms with E-state index in [1.807, 2.05) is 0 Å². The molecule has 0 unspecified atom stereocenters. The topological polar surface area (TPSA) is 119 Å². The van der Waals surface area contributed by atoms with Crippen molar-refractivity contribution in [2.24, 2.45) is 0 Å². The average molecular weight is 284 g/mol. The lowest BCUT2D eigenvalue weighted by Gasteiger charge is -2.18. The fraction of sp³-hybridized carbons (Fsp3) is 0.545. The van der Waals surface area contributed by atoms with Gasteiger partial charge in [-0.15, -0.1) is 0 Å². The van der Waals surface area contributed by atoms with E-state index in [-0.39, 0.29) is 30.2 Å². The van der Waals surface area contributed by atoms with Gasteiger partial charge in [-0.1, -0.05) is 0 Å². The molecule has 0 fully saturated rings. The number of aromatic nitrogens is 2. The van der Waals surface area contributed by atoms with Crippen molar-refractivity contribution in [3.05, 3.63) is 21.5 Å². The molecule has 1 aromatic heterocycles. The Bertz CT molecular complexity index is 551. The molecule has 110 valence electrons. The Morgan fingerprint density at radius 1 is 1.45 bits per heavy atom. The van der Waals surface area contributed by atoms with Gasteiger partial charge in [0.1, 0.15) is 24.5 Å². The number of hydrogen-bond donors (Lipinski definition) is 1. The summed E-state index contributed by atoms with van der Waals surface area (Å²) in [6.45, 7) is 4.26. The number of carboxylic acids is 1. The zero-order valence-electron chi connectivity index (χ0n) is 11.5. The van der Waals surface area contributed by atoms with E-state index in [0.29, 0.717) is 0 Å². The molecule has 0 bridgehead atoms. The predicted molar refractivity (Wildman–Crippen MR) is 68.2 cm³/mol. The molecule has 0 atom stereocenters. The number of hydrogen-bond acceptors (Lipinski definition) is 5. The number of aliphatic carboxylic acids is 1. The van der Waals surface area contributed by atoms with Gasteiger partial charge in [-0.2, -0.15) is 5.10 Å². The number of carbonyl (C=O) groups excluding carboxylic acids is 1. The number of nitro groups is 1. The molecular weight excluding hydrogens is 268 g/mol. The molecule has 0 radical (unpaired) electrons. The molecule has 1 rings (SSSR count). The normalized spacial score (nSPS) is 10.3. The second kappa shape index (κ2) is 6.13. The molecule has 9 nitrogen and oxygen atoms in total. The Kier molecular flexibility index (Phi) is 4.78. The third kappa shape index (κ3) is 3.31. The second-order valence-corrected chi connectivity index (χ2v) is 4.24. The minimum Gasteiger partial charge on any atom is -0.480 e. The van der Waals surface area contributed by atoms with Gasteiger partial charge in [0.2, 0.25) is 5.91 Å². The van der Waals surface area contributed by atoms with Crippen molar-refractivity contribution in [2.75, 3.05) is 13.1 Å². The van der Waals surface area contributed by atoms with Crippen molar-refractivity contribution < 1.29 is 19.6 Å². The van der Waals surface area contributed by atoms with E-state index in [1.54, 1.807) is 6.92 Å². The number of likely N-dealkylation sites (N-methyl/N-ethyl adjacent to an activating group) is 1. The molecule has 0 saturated heterocycles. The highest BCUT2D eigenvalue weighted by molar-refractivity contribution is 5.81. The molecule has 0 aliphatic heterocycles. The SMILES string of the molecule is CCN(CC(=O)O)C(=O)Cn1nc(C)c([N+](=O)[O-])c1C. The van der Waals surface area contributed by atoms with Crippen molar-refractivity contribution in [3.63, 3.8) is 0 Å². The lowest BCUT2D eigenvalue weighted by molar-refractivity contribution is -0.386. The Hall–Kier alpha value is -2.45. The average Bonchev–Trinajstić information content (AvgIpc) is 2.60. The van der Waals surface area contributed by atoms with Gasteiger partial charge in [0.25, 0.3) is 0 Å². The maximum absolute atomic E-state index is 12.0. The zero-order chi connectivity index (χ0) is 15.4. The first-order valence-corrected chi connectivity index (χ1v) is 5.95. The first-order chi connectivity index (χ1) is 9.27. The summed E-state index contributed by atoms with van der Waals surface area (Å²) in [5, 5.41) is 23.5. The fourth-order valence-corrected chi connectivity index (χ4v) is 1.87. The third-order valence-corrected chi connectivity index (χ3v) is 2.87. The highest BCUT2D eigenvalue weighted by Gasteiger charge is 2.24. The Balaban J connectivity index is 2.93. The Morgan fingerprint density at radius 2 is 2.05 bits per heavy atom. The largest absolute Gasteiger partial charge is 0.480 e. The van der Waals surface area contributed by atoms with Crippen LogP contribution in [0.25, 0.3) is 0 Å². The van der Waals surface area contributed by atoms with E-state index in [1.165, 1.54) is 18.5 Å². The zero-order valence-corrected chi connectivity index (χ0v) is 11.5. The van der Waals surface area contributed by atoms with Gasteiger partial charge in [0.15, 0.2) is 0 Å². The van der Waals surface area contributed by atoms with Crippen LogP contribution in [0.15, 0.2) is 0 Å². The van der Waals surface area contributed by atoms with Crippen LogP contribution in [0, 0.1) is 24.0 Å². The van der Waals surface area contributed by atoms with Gasteiger partial charge in [-0.05, 0) is 20.8 Å². The first-order valence-electron chi connectivity index (χ1n) is 5.95. The highest BCUT2D eigenvalue weighted by Crippen LogP contribution is 2.21. The number of aryl methyl sites for hydroxylation is 1. The van der Waals surface area contributed by atoms with Crippen LogP contribution in [0.2, 0.25) is 0 Å². The van der Waals surface area contributed by atoms with E-state index in [2.05, 4.69) is 5.10 Å². The van der Waals surface area contributed by atoms with Gasteiger partial charge in [-0.25, -0.2) is 0 Å². The molecule has 0 aromatic carbocycles. The van der Waals surface area contributed by atoms with Crippen molar-refractivity contribution >= 4 is 17.6 Å². The second-order valence-electron chi connectivity index (χ2n) is 4.24. The molecule has 1 amide bonds. The predicted octanol–water partition coefficient (Wildman–Crippen LogP) is 0.341. The summed E-state index contributed by atoms with van der Waals surface area (Å²) in [5.74, 6) is -1.56. The quantitative estimate of drug-likeness (QED) is 0.594. The number of nitrogens with zero attached hydrogens (tertiary/aromatic N) is 4. The van der Waals surface area contributed by atoms with E-state index in [9.17, 15) is 19.7 Å². The third-order valence-electron chi connectivity index (χ3n) is 2.87. The van der Waals surface area contributed by atoms with Crippen molar-refractivity contribution in [1.82, 2.24) is 14.7 Å². The van der Waals surface area contributed by atoms with Crippen molar-refractivity contribution in [1.29, 1.82) is 0 Å². The van der Waals surface area contributed by atoms with Crippen LogP contribution in [0.3, 0.4) is 0 Å². The monoisotopic (exact) mass is 284 g/mol. The molecule has 0 aliphatic carbocycles. The summed E-state index contributed by atoms with van der Waals surface area (Å²) >= 11 is 0. The van der Waals surface area contributed by atoms with Crippen LogP contribution in [0.4, 0.5) is 5.69 Å². The molecular formula is C11H16N4O5. The van der Waals surface area contributed by atoms with Crippen LogP contribution >= 0.6 is 0 Å². The van der Waals surface area contributed by atoms with E-state index in [0.717, 1.165) is 4.90 Å². The minimum atomic E-state index is -1.11. The molecule has 9 heteroatoms. The van der Waals surface area contributed by atoms with Crippen LogP contribution in [0.5, 0.6) is 0 Å². The minimum absolute atomic E-state index is 0.126. The molecule has 0 aliphatic rings. The number of amides is 1. The smallest absolute Gasteiger partial charge is 0.323 e. The molecule has 20 heavy (non-hydrogen) atoms. The summed E-state index contributed by atoms with van der Waals surface area (Å²) in [5.41, 5.74) is 0.368. The van der Waals surface area contributed by atoms with E-state index >= 15 is 0 Å². The van der Waals surface area contributed by atoms with Crippen LogP contribution in [-0.4, -0.2) is 49.7 Å².